The minimum Gasteiger partial charge on any atom is -0.511 e. The summed E-state index contributed by atoms with van der Waals surface area (Å²) < 4.78 is 46.6. The number of benzene rings is 1. The fourth-order valence-corrected chi connectivity index (χ4v) is 3.05. The summed E-state index contributed by atoms with van der Waals surface area (Å²) >= 11 is 3.95. The number of ether oxygens (including phenoxy) is 1. The number of nitrogens with one attached hydrogen (secondary N) is 1. The predicted molar refractivity (Wildman–Crippen MR) is 95.7 cm³/mol. The minimum absolute atomic E-state index is 0.0237. The smallest absolute Gasteiger partial charge is 0.420 e. The number of rotatable bonds is 5. The maximum absolute atomic E-state index is 13.8. The summed E-state index contributed by atoms with van der Waals surface area (Å²) in [5.74, 6) is -4.00. The number of ketones is 2. The first-order valence-corrected chi connectivity index (χ1v) is 8.75. The molecule has 1 unspecified atom stereocenters. The highest BCUT2D eigenvalue weighted by atomic mass is 32.1. The third-order valence-electron chi connectivity index (χ3n) is 4.19. The quantitative estimate of drug-likeness (QED) is 0.389. The second-order valence-corrected chi connectivity index (χ2v) is 6.62. The Morgan fingerprint density at radius 3 is 2.46 bits per heavy atom. The molecule has 6 nitrogen and oxygen atoms in total. The van der Waals surface area contributed by atoms with E-state index in [1.165, 1.54) is 14.0 Å². The van der Waals surface area contributed by atoms with Crippen LogP contribution < -0.4 is 10.1 Å². The molecule has 28 heavy (non-hydrogen) atoms. The number of alkyl halides is 3. The molecule has 1 aliphatic rings. The molecule has 0 fully saturated rings. The lowest BCUT2D eigenvalue weighted by Crippen LogP contribution is -2.34. The van der Waals surface area contributed by atoms with Gasteiger partial charge in [-0.3, -0.25) is 14.4 Å². The van der Waals surface area contributed by atoms with Crippen LogP contribution in [0.5, 0.6) is 5.75 Å². The standard InChI is InChI=1S/C18H18F3NO5S/c1-8(17(26)22-2)27-16-12(28)7-6-9(14(16)18(19,20)21)15(25)13-10(23)4-3-5-11(13)24/h6-8,23,28H,3-5H2,1-2H3,(H,22,26). The molecule has 2 N–H and O–H groups in total. The molecule has 0 aliphatic heterocycles. The zero-order chi connectivity index (χ0) is 21.2. The highest BCUT2D eigenvalue weighted by Crippen LogP contribution is 2.43. The molecule has 0 radical (unpaired) electrons. The van der Waals surface area contributed by atoms with Gasteiger partial charge in [-0.05, 0) is 25.5 Å². The van der Waals surface area contributed by atoms with Crippen molar-refractivity contribution in [3.05, 3.63) is 34.6 Å². The van der Waals surface area contributed by atoms with E-state index < -0.39 is 58.0 Å². The van der Waals surface area contributed by atoms with E-state index in [9.17, 15) is 32.7 Å². The molecule has 0 saturated carbocycles. The van der Waals surface area contributed by atoms with Crippen LogP contribution in [0.25, 0.3) is 0 Å². The summed E-state index contributed by atoms with van der Waals surface area (Å²) in [7, 11) is 1.29. The lowest BCUT2D eigenvalue weighted by atomic mass is 9.88. The number of carbonyl (C=O) groups excluding carboxylic acids is 3. The van der Waals surface area contributed by atoms with Gasteiger partial charge < -0.3 is 15.2 Å². The van der Waals surface area contributed by atoms with Gasteiger partial charge in [-0.15, -0.1) is 12.6 Å². The highest BCUT2D eigenvalue weighted by Gasteiger charge is 2.42. The van der Waals surface area contributed by atoms with Gasteiger partial charge in [-0.2, -0.15) is 13.2 Å². The van der Waals surface area contributed by atoms with Gasteiger partial charge in [-0.1, -0.05) is 0 Å². The average molecular weight is 417 g/mol. The summed E-state index contributed by atoms with van der Waals surface area (Å²) in [6.07, 6.45) is -6.06. The first kappa shape index (κ1) is 21.8. The Kier molecular flexibility index (Phi) is 6.43. The fraction of sp³-hybridized carbons (Fsp3) is 0.389. The first-order valence-electron chi connectivity index (χ1n) is 8.30. The van der Waals surface area contributed by atoms with E-state index >= 15 is 0 Å². The van der Waals surface area contributed by atoms with Crippen molar-refractivity contribution < 1.29 is 37.4 Å². The van der Waals surface area contributed by atoms with Gasteiger partial charge in [0.2, 0.25) is 5.78 Å². The normalized spacial score (nSPS) is 16.0. The Hall–Kier alpha value is -2.49. The van der Waals surface area contributed by atoms with Crippen LogP contribution in [0.3, 0.4) is 0 Å². The molecule has 1 aromatic rings. The molecule has 152 valence electrons. The average Bonchev–Trinajstić information content (AvgIpc) is 2.61. The van der Waals surface area contributed by atoms with Crippen molar-refractivity contribution >= 4 is 30.1 Å². The summed E-state index contributed by atoms with van der Waals surface area (Å²) in [6, 6.07) is 1.97. The maximum Gasteiger partial charge on any atom is 0.420 e. The number of allylic oxidation sites excluding steroid dienone is 2. The van der Waals surface area contributed by atoms with Gasteiger partial charge in [0.15, 0.2) is 11.9 Å². The molecule has 1 amide bonds. The summed E-state index contributed by atoms with van der Waals surface area (Å²) in [5.41, 5.74) is -2.98. The molecule has 1 atom stereocenters. The van der Waals surface area contributed by atoms with Crippen molar-refractivity contribution in [2.45, 2.75) is 43.4 Å². The molecule has 1 aliphatic carbocycles. The third kappa shape index (κ3) is 4.32. The van der Waals surface area contributed by atoms with Crippen molar-refractivity contribution in [3.63, 3.8) is 0 Å². The van der Waals surface area contributed by atoms with Gasteiger partial charge in [0.25, 0.3) is 5.91 Å². The zero-order valence-corrected chi connectivity index (χ0v) is 15.9. The lowest BCUT2D eigenvalue weighted by molar-refractivity contribution is -0.141. The fourth-order valence-electron chi connectivity index (χ4n) is 2.81. The van der Waals surface area contributed by atoms with Crippen LogP contribution >= 0.6 is 12.6 Å². The summed E-state index contributed by atoms with van der Waals surface area (Å²) in [4.78, 5) is 36.2. The number of amides is 1. The van der Waals surface area contributed by atoms with E-state index in [1.54, 1.807) is 0 Å². The summed E-state index contributed by atoms with van der Waals surface area (Å²) in [6.45, 7) is 1.24. The Morgan fingerprint density at radius 2 is 1.93 bits per heavy atom. The van der Waals surface area contributed by atoms with Crippen LogP contribution in [0.2, 0.25) is 0 Å². The van der Waals surface area contributed by atoms with Gasteiger partial charge in [-0.25, -0.2) is 0 Å². The van der Waals surface area contributed by atoms with Crippen LogP contribution in [-0.2, 0) is 15.8 Å². The van der Waals surface area contributed by atoms with E-state index in [-0.39, 0.29) is 17.7 Å². The number of halogens is 3. The van der Waals surface area contributed by atoms with E-state index in [2.05, 4.69) is 17.9 Å². The van der Waals surface area contributed by atoms with Crippen molar-refractivity contribution in [2.75, 3.05) is 7.05 Å². The van der Waals surface area contributed by atoms with Gasteiger partial charge in [0.1, 0.15) is 22.6 Å². The van der Waals surface area contributed by atoms with Crippen LogP contribution in [0.4, 0.5) is 13.2 Å². The zero-order valence-electron chi connectivity index (χ0n) is 15.0. The van der Waals surface area contributed by atoms with Crippen molar-refractivity contribution in [3.8, 4) is 5.75 Å². The van der Waals surface area contributed by atoms with Crippen molar-refractivity contribution in [1.82, 2.24) is 5.32 Å². The largest absolute Gasteiger partial charge is 0.511 e. The van der Waals surface area contributed by atoms with Crippen LogP contribution in [0.1, 0.15) is 42.1 Å². The maximum atomic E-state index is 13.8. The SMILES string of the molecule is CNC(=O)C(C)Oc1c(S)ccc(C(=O)C2=C(O)CCCC2=O)c1C(F)(F)F. The Morgan fingerprint density at radius 1 is 1.29 bits per heavy atom. The van der Waals surface area contributed by atoms with E-state index in [4.69, 9.17) is 4.74 Å². The van der Waals surface area contributed by atoms with Gasteiger partial charge in [0.05, 0.1) is 0 Å². The number of Topliss-reactive ketones (excluding diaryl/α,β-unsaturated/α-hetero) is 2. The molecule has 0 aromatic heterocycles. The topological polar surface area (TPSA) is 92.7 Å². The molecule has 0 bridgehead atoms. The molecular weight excluding hydrogens is 399 g/mol. The highest BCUT2D eigenvalue weighted by molar-refractivity contribution is 7.80. The summed E-state index contributed by atoms with van der Waals surface area (Å²) in [5, 5.41) is 12.1. The molecule has 0 saturated heterocycles. The van der Waals surface area contributed by atoms with Gasteiger partial charge in [0, 0.05) is 30.3 Å². The van der Waals surface area contributed by atoms with E-state index in [1.807, 2.05) is 0 Å². The number of aliphatic hydroxyl groups excluding tert-OH is 1. The lowest BCUT2D eigenvalue weighted by Gasteiger charge is -2.22. The number of hydrogen-bond acceptors (Lipinski definition) is 6. The number of aliphatic hydroxyl groups is 1. The van der Waals surface area contributed by atoms with Gasteiger partial charge >= 0.3 is 6.18 Å². The number of hydrogen-bond donors (Lipinski definition) is 3. The number of likely N-dealkylation sites (N-methyl/N-ethyl adjacent to an activating group) is 1. The van der Waals surface area contributed by atoms with Crippen LogP contribution in [-0.4, -0.2) is 35.7 Å². The van der Waals surface area contributed by atoms with Crippen LogP contribution in [0, 0.1) is 0 Å². The molecule has 2 rings (SSSR count). The van der Waals surface area contributed by atoms with Crippen molar-refractivity contribution in [1.29, 1.82) is 0 Å². The molecule has 10 heteroatoms. The number of thiol groups is 1. The second-order valence-electron chi connectivity index (χ2n) is 6.14. The Balaban J connectivity index is 2.66. The first-order chi connectivity index (χ1) is 13.0. The molecular formula is C18H18F3NO5S. The second kappa shape index (κ2) is 8.26. The minimum atomic E-state index is -5.05. The molecule has 0 spiro atoms. The number of carbonyl (C=O) groups is 3. The monoisotopic (exact) mass is 417 g/mol. The Labute approximate surface area is 164 Å². The van der Waals surface area contributed by atoms with E-state index in [0.717, 1.165) is 12.1 Å². The predicted octanol–water partition coefficient (Wildman–Crippen LogP) is 3.26. The Bertz CT molecular complexity index is 864. The third-order valence-corrected chi connectivity index (χ3v) is 4.54. The molecule has 1 aromatic carbocycles. The van der Waals surface area contributed by atoms with Crippen molar-refractivity contribution in [2.24, 2.45) is 0 Å². The van der Waals surface area contributed by atoms with E-state index in [0.29, 0.717) is 6.42 Å². The van der Waals surface area contributed by atoms with Crippen LogP contribution in [0.15, 0.2) is 28.4 Å². The molecule has 0 heterocycles.